The largest absolute Gasteiger partial charge is 0.391 e. The molecule has 7 heteroatoms. The molecule has 0 spiro atoms. The van der Waals surface area contributed by atoms with Gasteiger partial charge in [-0.1, -0.05) is 0 Å². The summed E-state index contributed by atoms with van der Waals surface area (Å²) in [6, 6.07) is 0. The van der Waals surface area contributed by atoms with Crippen molar-refractivity contribution in [2.45, 2.75) is 13.5 Å². The van der Waals surface area contributed by atoms with Crippen molar-refractivity contribution in [1.29, 1.82) is 0 Å². The zero-order chi connectivity index (χ0) is 10.5. The van der Waals surface area contributed by atoms with Crippen LogP contribution in [0.1, 0.15) is 9.88 Å². The van der Waals surface area contributed by atoms with Crippen LogP contribution in [0.15, 0.2) is 6.20 Å². The van der Waals surface area contributed by atoms with Crippen LogP contribution in [-0.2, 0) is 16.7 Å². The summed E-state index contributed by atoms with van der Waals surface area (Å²) in [6.07, 6.45) is 2.41. The molecular weight excluding hydrogens is 214 g/mol. The summed E-state index contributed by atoms with van der Waals surface area (Å²) >= 11 is 1.53. The van der Waals surface area contributed by atoms with Crippen molar-refractivity contribution in [1.82, 2.24) is 4.98 Å². The number of aliphatic hydroxyl groups is 1. The Morgan fingerprint density at radius 1 is 1.62 bits per heavy atom. The van der Waals surface area contributed by atoms with Gasteiger partial charge >= 0.3 is 0 Å². The minimum Gasteiger partial charge on any atom is -0.391 e. The van der Waals surface area contributed by atoms with Gasteiger partial charge < -0.3 is 5.11 Å². The second-order valence-corrected chi connectivity index (χ2v) is 5.02. The zero-order valence-corrected chi connectivity index (χ0v) is 8.89. The average Bonchev–Trinajstić information content (AvgIpc) is 2.31. The Labute approximate surface area is 80.8 Å². The molecule has 0 bridgehead atoms. The first-order valence-corrected chi connectivity index (χ1v) is 5.94. The molecule has 0 amide bonds. The van der Waals surface area contributed by atoms with E-state index < -0.39 is 10.1 Å². The maximum Gasteiger partial charge on any atom is 0.261 e. The highest BCUT2D eigenvalue weighted by atomic mass is 32.2. The zero-order valence-electron chi connectivity index (χ0n) is 7.26. The van der Waals surface area contributed by atoms with Crippen LogP contribution < -0.4 is 0 Å². The second-order valence-electron chi connectivity index (χ2n) is 2.24. The standard InChI is InChI=1S/C5H7NOS.CH4O3S/c1-4-6-2-5(3-7)8-4;1-5(2,3)4/h2,7H,3H2,1H3;1H3,(H,2,3,4). The lowest BCUT2D eigenvalue weighted by Gasteiger charge is -1.78. The van der Waals surface area contributed by atoms with Crippen molar-refractivity contribution in [3.05, 3.63) is 16.1 Å². The predicted octanol–water partition coefficient (Wildman–Crippen LogP) is 0.448. The molecule has 0 saturated heterocycles. The first-order chi connectivity index (χ1) is 5.83. The molecule has 76 valence electrons. The van der Waals surface area contributed by atoms with Crippen LogP contribution >= 0.6 is 11.3 Å². The normalized spacial score (nSPS) is 10.5. The Balaban J connectivity index is 0.000000252. The van der Waals surface area contributed by atoms with Gasteiger partial charge in [0.1, 0.15) is 0 Å². The van der Waals surface area contributed by atoms with Gasteiger partial charge in [-0.3, -0.25) is 4.55 Å². The fraction of sp³-hybridized carbons (Fsp3) is 0.500. The smallest absolute Gasteiger partial charge is 0.261 e. The first-order valence-electron chi connectivity index (χ1n) is 3.27. The van der Waals surface area contributed by atoms with E-state index in [4.69, 9.17) is 9.66 Å². The lowest BCUT2D eigenvalue weighted by atomic mass is 10.6. The number of thiazole rings is 1. The summed E-state index contributed by atoms with van der Waals surface area (Å²) in [5.41, 5.74) is 0. The summed E-state index contributed by atoms with van der Waals surface area (Å²) < 4.78 is 25.9. The summed E-state index contributed by atoms with van der Waals surface area (Å²) in [6.45, 7) is 2.04. The Morgan fingerprint density at radius 2 is 2.08 bits per heavy atom. The maximum absolute atomic E-state index is 9.19. The van der Waals surface area contributed by atoms with E-state index in [2.05, 4.69) is 4.98 Å². The van der Waals surface area contributed by atoms with Gasteiger partial charge in [0.25, 0.3) is 10.1 Å². The van der Waals surface area contributed by atoms with Crippen molar-refractivity contribution >= 4 is 21.5 Å². The van der Waals surface area contributed by atoms with Crippen LogP contribution in [-0.4, -0.2) is 29.3 Å². The van der Waals surface area contributed by atoms with Gasteiger partial charge in [-0.15, -0.1) is 11.3 Å². The summed E-state index contributed by atoms with van der Waals surface area (Å²) in [4.78, 5) is 4.88. The van der Waals surface area contributed by atoms with Crippen LogP contribution in [0.2, 0.25) is 0 Å². The van der Waals surface area contributed by atoms with E-state index in [1.807, 2.05) is 6.92 Å². The second kappa shape index (κ2) is 5.28. The van der Waals surface area contributed by atoms with Crippen LogP contribution in [0.4, 0.5) is 0 Å². The van der Waals surface area contributed by atoms with E-state index >= 15 is 0 Å². The fourth-order valence-electron chi connectivity index (χ4n) is 0.478. The molecule has 0 aromatic carbocycles. The Kier molecular flexibility index (Phi) is 5.07. The molecule has 0 saturated carbocycles. The van der Waals surface area contributed by atoms with Gasteiger partial charge in [-0.25, -0.2) is 4.98 Å². The molecule has 0 aliphatic heterocycles. The van der Waals surface area contributed by atoms with Crippen molar-refractivity contribution in [3.63, 3.8) is 0 Å². The molecule has 5 nitrogen and oxygen atoms in total. The molecule has 0 unspecified atom stereocenters. The molecule has 0 radical (unpaired) electrons. The Morgan fingerprint density at radius 3 is 2.23 bits per heavy atom. The number of aromatic nitrogens is 1. The van der Waals surface area contributed by atoms with Crippen molar-refractivity contribution in [2.24, 2.45) is 0 Å². The minimum absolute atomic E-state index is 0.117. The fourth-order valence-corrected chi connectivity index (χ4v) is 1.13. The predicted molar refractivity (Wildman–Crippen MR) is 50.2 cm³/mol. The highest BCUT2D eigenvalue weighted by Gasteiger charge is 1.92. The topological polar surface area (TPSA) is 87.5 Å². The Bertz CT molecular complexity index is 335. The van der Waals surface area contributed by atoms with Crippen LogP contribution in [0.3, 0.4) is 0 Å². The third-order valence-electron chi connectivity index (χ3n) is 0.825. The Hall–Kier alpha value is -0.500. The molecule has 13 heavy (non-hydrogen) atoms. The van der Waals surface area contributed by atoms with Crippen LogP contribution in [0.5, 0.6) is 0 Å². The molecular formula is C6H11NO4S2. The maximum atomic E-state index is 9.19. The summed E-state index contributed by atoms with van der Waals surface area (Å²) in [5.74, 6) is 0. The van der Waals surface area contributed by atoms with E-state index in [1.54, 1.807) is 6.20 Å². The highest BCUT2D eigenvalue weighted by molar-refractivity contribution is 7.85. The number of aryl methyl sites for hydroxylation is 1. The number of hydrogen-bond acceptors (Lipinski definition) is 5. The van der Waals surface area contributed by atoms with Gasteiger partial charge in [-0.2, -0.15) is 8.42 Å². The third kappa shape index (κ3) is 9.41. The molecule has 1 aromatic heterocycles. The third-order valence-corrected chi connectivity index (χ3v) is 1.72. The van der Waals surface area contributed by atoms with Gasteiger partial charge in [0.2, 0.25) is 0 Å². The number of hydrogen-bond donors (Lipinski definition) is 2. The van der Waals surface area contributed by atoms with E-state index in [9.17, 15) is 8.42 Å². The lowest BCUT2D eigenvalue weighted by molar-refractivity contribution is 0.285. The van der Waals surface area contributed by atoms with Gasteiger partial charge in [0, 0.05) is 6.20 Å². The minimum atomic E-state index is -3.67. The summed E-state index contributed by atoms with van der Waals surface area (Å²) in [7, 11) is -3.67. The molecule has 1 rings (SSSR count). The van der Waals surface area contributed by atoms with Gasteiger partial charge in [0.15, 0.2) is 0 Å². The molecule has 0 atom stereocenters. The SMILES string of the molecule is CS(=O)(=O)O.Cc1ncc(CO)s1. The van der Waals surface area contributed by atoms with E-state index in [1.165, 1.54) is 11.3 Å². The molecule has 1 aromatic rings. The molecule has 0 aliphatic rings. The first kappa shape index (κ1) is 12.5. The van der Waals surface area contributed by atoms with E-state index in [0.29, 0.717) is 6.26 Å². The van der Waals surface area contributed by atoms with E-state index in [0.717, 1.165) is 9.88 Å². The van der Waals surface area contributed by atoms with Crippen molar-refractivity contribution < 1.29 is 18.1 Å². The highest BCUT2D eigenvalue weighted by Crippen LogP contribution is 2.09. The van der Waals surface area contributed by atoms with Crippen molar-refractivity contribution in [3.8, 4) is 0 Å². The summed E-state index contributed by atoms with van der Waals surface area (Å²) in [5, 5.41) is 9.53. The molecule has 0 aliphatic carbocycles. The van der Waals surface area contributed by atoms with Crippen molar-refractivity contribution in [2.75, 3.05) is 6.26 Å². The van der Waals surface area contributed by atoms with Crippen LogP contribution in [0, 0.1) is 6.92 Å². The van der Waals surface area contributed by atoms with Gasteiger partial charge in [0.05, 0.1) is 22.7 Å². The quantitative estimate of drug-likeness (QED) is 0.677. The average molecular weight is 225 g/mol. The molecule has 1 heterocycles. The number of aliphatic hydroxyl groups excluding tert-OH is 1. The van der Waals surface area contributed by atoms with E-state index in [-0.39, 0.29) is 6.61 Å². The van der Waals surface area contributed by atoms with Crippen LogP contribution in [0.25, 0.3) is 0 Å². The lowest BCUT2D eigenvalue weighted by Crippen LogP contribution is -1.88. The number of rotatable bonds is 1. The monoisotopic (exact) mass is 225 g/mol. The van der Waals surface area contributed by atoms with Gasteiger partial charge in [-0.05, 0) is 6.92 Å². The molecule has 2 N–H and O–H groups in total. The number of nitrogens with zero attached hydrogens (tertiary/aromatic N) is 1. The molecule has 0 fully saturated rings.